The second kappa shape index (κ2) is 7.09. The number of anilines is 1. The number of nitrogens with zero attached hydrogens (tertiary/aromatic N) is 3. The topological polar surface area (TPSA) is 47.5 Å². The van der Waals surface area contributed by atoms with E-state index in [1.807, 2.05) is 13.0 Å². The van der Waals surface area contributed by atoms with Gasteiger partial charge in [-0.3, -0.25) is 0 Å². The first kappa shape index (κ1) is 15.3. The summed E-state index contributed by atoms with van der Waals surface area (Å²) in [5, 5.41) is 0. The van der Waals surface area contributed by atoms with E-state index in [2.05, 4.69) is 28.7 Å². The van der Waals surface area contributed by atoms with Gasteiger partial charge >= 0.3 is 0 Å². The average Bonchev–Trinajstić information content (AvgIpc) is 2.45. The van der Waals surface area contributed by atoms with Crippen molar-refractivity contribution in [2.75, 3.05) is 30.5 Å². The third-order valence-electron chi connectivity index (χ3n) is 3.21. The van der Waals surface area contributed by atoms with Crippen LogP contribution in [0.15, 0.2) is 6.07 Å². The van der Waals surface area contributed by atoms with Crippen LogP contribution in [-0.2, 0) is 4.74 Å². The number of alkyl halides is 1. The molecule has 1 aliphatic heterocycles. The molecule has 0 spiro atoms. The predicted octanol–water partition coefficient (Wildman–Crippen LogP) is 2.41. The molecule has 0 aliphatic carbocycles. The van der Waals surface area contributed by atoms with Crippen LogP contribution in [0, 0.1) is 6.92 Å². The average molecular weight is 300 g/mol. The summed E-state index contributed by atoms with van der Waals surface area (Å²) >= 11 is 5.89. The summed E-state index contributed by atoms with van der Waals surface area (Å²) in [5.74, 6) is 1.81. The van der Waals surface area contributed by atoms with Crippen LogP contribution in [0.3, 0.4) is 0 Å². The molecule has 1 aromatic rings. The monoisotopic (exact) mass is 299 g/mol. The van der Waals surface area contributed by atoms with Gasteiger partial charge in [-0.15, -0.1) is 11.6 Å². The highest BCUT2D eigenvalue weighted by molar-refractivity contribution is 6.18. The van der Waals surface area contributed by atoms with Gasteiger partial charge in [-0.05, 0) is 20.3 Å². The standard InChI is InChI=1S/C14H22ClN3O2/c1-4-5-19-13-6-10(2)16-14(17-13)18-8-12(7-15)20-9-11(18)3/h6,11-12H,4-5,7-9H2,1-3H3. The van der Waals surface area contributed by atoms with E-state index in [1.165, 1.54) is 0 Å². The van der Waals surface area contributed by atoms with Crippen LogP contribution in [0.4, 0.5) is 5.95 Å². The third kappa shape index (κ3) is 3.73. The van der Waals surface area contributed by atoms with Crippen molar-refractivity contribution in [2.45, 2.75) is 39.3 Å². The van der Waals surface area contributed by atoms with E-state index in [0.29, 0.717) is 37.5 Å². The van der Waals surface area contributed by atoms with Gasteiger partial charge in [-0.2, -0.15) is 4.98 Å². The molecule has 0 aromatic carbocycles. The predicted molar refractivity (Wildman–Crippen MR) is 79.8 cm³/mol. The highest BCUT2D eigenvalue weighted by Crippen LogP contribution is 2.21. The van der Waals surface area contributed by atoms with E-state index in [4.69, 9.17) is 21.1 Å². The van der Waals surface area contributed by atoms with Crippen molar-refractivity contribution in [3.8, 4) is 5.88 Å². The highest BCUT2D eigenvalue weighted by Gasteiger charge is 2.27. The molecule has 0 bridgehead atoms. The molecule has 0 amide bonds. The van der Waals surface area contributed by atoms with Crippen molar-refractivity contribution in [3.63, 3.8) is 0 Å². The van der Waals surface area contributed by atoms with E-state index in [9.17, 15) is 0 Å². The first-order valence-corrected chi connectivity index (χ1v) is 7.60. The molecule has 20 heavy (non-hydrogen) atoms. The van der Waals surface area contributed by atoms with Gasteiger partial charge in [0, 0.05) is 18.3 Å². The Morgan fingerprint density at radius 2 is 2.30 bits per heavy atom. The Morgan fingerprint density at radius 3 is 3.00 bits per heavy atom. The molecular formula is C14H22ClN3O2. The van der Waals surface area contributed by atoms with Crippen LogP contribution in [0.1, 0.15) is 26.0 Å². The molecule has 1 fully saturated rings. The maximum absolute atomic E-state index is 5.89. The zero-order valence-electron chi connectivity index (χ0n) is 12.3. The Labute approximate surface area is 125 Å². The van der Waals surface area contributed by atoms with E-state index in [-0.39, 0.29) is 12.1 Å². The molecule has 6 heteroatoms. The van der Waals surface area contributed by atoms with Gasteiger partial charge in [0.1, 0.15) is 0 Å². The number of morpholine rings is 1. The van der Waals surface area contributed by atoms with Crippen LogP contribution in [0.2, 0.25) is 0 Å². The second-order valence-corrected chi connectivity index (χ2v) is 5.42. The Bertz CT molecular complexity index is 444. The van der Waals surface area contributed by atoms with Gasteiger partial charge in [-0.25, -0.2) is 4.98 Å². The summed E-state index contributed by atoms with van der Waals surface area (Å²) in [6.07, 6.45) is 0.984. The lowest BCUT2D eigenvalue weighted by Crippen LogP contribution is -2.49. The summed E-state index contributed by atoms with van der Waals surface area (Å²) in [6, 6.07) is 2.10. The van der Waals surface area contributed by atoms with Crippen LogP contribution >= 0.6 is 11.6 Å². The van der Waals surface area contributed by atoms with Crippen molar-refractivity contribution in [1.29, 1.82) is 0 Å². The Kier molecular flexibility index (Phi) is 5.43. The lowest BCUT2D eigenvalue weighted by molar-refractivity contribution is 0.0357. The number of aromatic nitrogens is 2. The molecular weight excluding hydrogens is 278 g/mol. The normalized spacial score (nSPS) is 22.9. The first-order valence-electron chi connectivity index (χ1n) is 7.06. The zero-order valence-corrected chi connectivity index (χ0v) is 13.1. The number of ether oxygens (including phenoxy) is 2. The number of rotatable bonds is 5. The van der Waals surface area contributed by atoms with Gasteiger partial charge in [0.2, 0.25) is 11.8 Å². The highest BCUT2D eigenvalue weighted by atomic mass is 35.5. The lowest BCUT2D eigenvalue weighted by atomic mass is 10.2. The number of hydrogen-bond donors (Lipinski definition) is 0. The van der Waals surface area contributed by atoms with Crippen molar-refractivity contribution in [2.24, 2.45) is 0 Å². The lowest BCUT2D eigenvalue weighted by Gasteiger charge is -2.37. The molecule has 2 unspecified atom stereocenters. The van der Waals surface area contributed by atoms with Crippen LogP contribution in [0.5, 0.6) is 5.88 Å². The Hall–Kier alpha value is -1.07. The molecule has 0 radical (unpaired) electrons. The number of hydrogen-bond acceptors (Lipinski definition) is 5. The third-order valence-corrected chi connectivity index (χ3v) is 3.55. The molecule has 2 rings (SSSR count). The van der Waals surface area contributed by atoms with E-state index in [0.717, 1.165) is 12.1 Å². The minimum Gasteiger partial charge on any atom is -0.478 e. The van der Waals surface area contributed by atoms with E-state index >= 15 is 0 Å². The molecule has 1 saturated heterocycles. The van der Waals surface area contributed by atoms with Crippen molar-refractivity contribution in [3.05, 3.63) is 11.8 Å². The van der Waals surface area contributed by atoms with Gasteiger partial charge in [0.15, 0.2) is 0 Å². The summed E-state index contributed by atoms with van der Waals surface area (Å²) in [6.45, 7) is 8.14. The molecule has 2 atom stereocenters. The van der Waals surface area contributed by atoms with Crippen LogP contribution in [-0.4, -0.2) is 47.8 Å². The fourth-order valence-corrected chi connectivity index (χ4v) is 2.31. The van der Waals surface area contributed by atoms with Crippen molar-refractivity contribution < 1.29 is 9.47 Å². The summed E-state index contributed by atoms with van der Waals surface area (Å²) in [7, 11) is 0. The van der Waals surface area contributed by atoms with Gasteiger partial charge in [-0.1, -0.05) is 6.92 Å². The molecule has 1 aliphatic rings. The minimum atomic E-state index is 0.0250. The molecule has 2 heterocycles. The molecule has 112 valence electrons. The zero-order chi connectivity index (χ0) is 14.5. The first-order chi connectivity index (χ1) is 9.63. The Morgan fingerprint density at radius 1 is 1.50 bits per heavy atom. The van der Waals surface area contributed by atoms with E-state index in [1.54, 1.807) is 0 Å². The maximum atomic E-state index is 5.89. The van der Waals surface area contributed by atoms with E-state index < -0.39 is 0 Å². The van der Waals surface area contributed by atoms with Gasteiger partial charge in [0.25, 0.3) is 0 Å². The fraction of sp³-hybridized carbons (Fsp3) is 0.714. The molecule has 0 saturated carbocycles. The molecule has 5 nitrogen and oxygen atoms in total. The molecule has 0 N–H and O–H groups in total. The minimum absolute atomic E-state index is 0.0250. The summed E-state index contributed by atoms with van der Waals surface area (Å²) < 4.78 is 11.3. The van der Waals surface area contributed by atoms with Crippen molar-refractivity contribution in [1.82, 2.24) is 9.97 Å². The molecule has 1 aromatic heterocycles. The Balaban J connectivity index is 2.19. The van der Waals surface area contributed by atoms with Crippen LogP contribution < -0.4 is 9.64 Å². The second-order valence-electron chi connectivity index (χ2n) is 5.11. The van der Waals surface area contributed by atoms with Crippen molar-refractivity contribution >= 4 is 17.5 Å². The maximum Gasteiger partial charge on any atom is 0.229 e. The largest absolute Gasteiger partial charge is 0.478 e. The quantitative estimate of drug-likeness (QED) is 0.781. The summed E-state index contributed by atoms with van der Waals surface area (Å²) in [4.78, 5) is 11.2. The van der Waals surface area contributed by atoms with Crippen LogP contribution in [0.25, 0.3) is 0 Å². The van der Waals surface area contributed by atoms with Gasteiger partial charge in [0.05, 0.1) is 31.2 Å². The number of aryl methyl sites for hydroxylation is 1. The summed E-state index contributed by atoms with van der Waals surface area (Å²) in [5.41, 5.74) is 0.905. The number of halogens is 1. The fourth-order valence-electron chi connectivity index (χ4n) is 2.12. The SMILES string of the molecule is CCCOc1cc(C)nc(N2CC(CCl)OCC2C)n1. The van der Waals surface area contributed by atoms with Gasteiger partial charge < -0.3 is 14.4 Å². The smallest absolute Gasteiger partial charge is 0.229 e.